The van der Waals surface area contributed by atoms with Gasteiger partial charge in [-0.2, -0.15) is 13.2 Å². The first-order valence-electron chi connectivity index (χ1n) is 4.48. The highest BCUT2D eigenvalue weighted by molar-refractivity contribution is 5.82. The van der Waals surface area contributed by atoms with E-state index in [0.29, 0.717) is 0 Å². The van der Waals surface area contributed by atoms with Crippen LogP contribution in [-0.4, -0.2) is 17.6 Å². The molecule has 1 rings (SSSR count). The van der Waals surface area contributed by atoms with Crippen molar-refractivity contribution in [3.8, 4) is 0 Å². The summed E-state index contributed by atoms with van der Waals surface area (Å²) in [4.78, 5) is 11.4. The van der Waals surface area contributed by atoms with Gasteiger partial charge in [-0.15, -0.1) is 0 Å². The van der Waals surface area contributed by atoms with Crippen LogP contribution < -0.4 is 5.32 Å². The van der Waals surface area contributed by atoms with Gasteiger partial charge in [-0.3, -0.25) is 4.79 Å². The lowest BCUT2D eigenvalue weighted by Gasteiger charge is -2.25. The van der Waals surface area contributed by atoms with Gasteiger partial charge in [-0.1, -0.05) is 20.8 Å². The van der Waals surface area contributed by atoms with E-state index in [4.69, 9.17) is 0 Å². The summed E-state index contributed by atoms with van der Waals surface area (Å²) < 4.78 is 37.3. The summed E-state index contributed by atoms with van der Waals surface area (Å²) in [6.07, 6.45) is -4.33. The molecule has 0 aromatic heterocycles. The van der Waals surface area contributed by atoms with Crippen molar-refractivity contribution in [2.75, 3.05) is 0 Å². The molecule has 0 aromatic rings. The topological polar surface area (TPSA) is 29.1 Å². The molecule has 0 heterocycles. The maximum Gasteiger partial charge on any atom is 0.411 e. The van der Waals surface area contributed by atoms with Gasteiger partial charge in [0.15, 0.2) is 0 Å². The van der Waals surface area contributed by atoms with Gasteiger partial charge < -0.3 is 5.32 Å². The first-order valence-corrected chi connectivity index (χ1v) is 4.48. The third kappa shape index (κ3) is 2.01. The molecule has 0 aromatic carbocycles. The van der Waals surface area contributed by atoms with E-state index in [1.807, 2.05) is 0 Å². The Kier molecular flexibility index (Phi) is 2.33. The zero-order valence-electron chi connectivity index (χ0n) is 8.46. The van der Waals surface area contributed by atoms with Crippen LogP contribution in [0.3, 0.4) is 0 Å². The number of amides is 1. The average molecular weight is 209 g/mol. The fraction of sp³-hybridized carbons (Fsp3) is 0.889. The molecule has 2 nitrogen and oxygen atoms in total. The van der Waals surface area contributed by atoms with Gasteiger partial charge in [0.25, 0.3) is 0 Å². The van der Waals surface area contributed by atoms with E-state index in [2.05, 4.69) is 5.32 Å². The summed E-state index contributed by atoms with van der Waals surface area (Å²) in [6.45, 7) is 4.78. The van der Waals surface area contributed by atoms with Crippen LogP contribution in [0, 0.1) is 5.41 Å². The second kappa shape index (κ2) is 2.87. The largest absolute Gasteiger partial charge is 0.411 e. The Hall–Kier alpha value is -0.740. The predicted octanol–water partition coefficient (Wildman–Crippen LogP) is 2.24. The SMILES string of the molecule is CC(C)(C)C(=O)NC1(C(F)(F)F)CC1. The van der Waals surface area contributed by atoms with Crippen LogP contribution >= 0.6 is 0 Å². The third-order valence-electron chi connectivity index (χ3n) is 2.33. The van der Waals surface area contributed by atoms with Gasteiger partial charge in [0.1, 0.15) is 5.54 Å². The highest BCUT2D eigenvalue weighted by atomic mass is 19.4. The molecule has 1 aliphatic rings. The average Bonchev–Trinajstić information content (AvgIpc) is 2.64. The normalized spacial score (nSPS) is 20.4. The second-order valence-electron chi connectivity index (χ2n) is 4.78. The van der Waals surface area contributed by atoms with Crippen molar-refractivity contribution >= 4 is 5.91 Å². The molecule has 5 heteroatoms. The Morgan fingerprint density at radius 2 is 1.64 bits per heavy atom. The van der Waals surface area contributed by atoms with Crippen LogP contribution in [0.15, 0.2) is 0 Å². The van der Waals surface area contributed by atoms with Crippen LogP contribution in [0.5, 0.6) is 0 Å². The van der Waals surface area contributed by atoms with Crippen molar-refractivity contribution in [3.63, 3.8) is 0 Å². The predicted molar refractivity (Wildman–Crippen MR) is 45.6 cm³/mol. The van der Waals surface area contributed by atoms with Gasteiger partial charge in [0, 0.05) is 5.41 Å². The van der Waals surface area contributed by atoms with Crippen molar-refractivity contribution < 1.29 is 18.0 Å². The fourth-order valence-electron chi connectivity index (χ4n) is 1.01. The Morgan fingerprint density at radius 3 is 1.86 bits per heavy atom. The lowest BCUT2D eigenvalue weighted by Crippen LogP contribution is -2.51. The minimum atomic E-state index is -4.33. The summed E-state index contributed by atoms with van der Waals surface area (Å²) in [6, 6.07) is 0. The number of nitrogens with one attached hydrogen (secondary N) is 1. The Balaban J connectivity index is 2.67. The van der Waals surface area contributed by atoms with E-state index in [0.717, 1.165) is 0 Å². The quantitative estimate of drug-likeness (QED) is 0.705. The summed E-state index contributed by atoms with van der Waals surface area (Å²) in [5.74, 6) is -0.549. The standard InChI is InChI=1S/C9H14F3NO/c1-7(2,3)6(14)13-8(4-5-8)9(10,11)12/h4-5H2,1-3H3,(H,13,14). The van der Waals surface area contributed by atoms with Crippen LogP contribution in [0.1, 0.15) is 33.6 Å². The minimum absolute atomic E-state index is 0.00167. The third-order valence-corrected chi connectivity index (χ3v) is 2.33. The maximum atomic E-state index is 12.4. The summed E-state index contributed by atoms with van der Waals surface area (Å²) in [7, 11) is 0. The summed E-state index contributed by atoms with van der Waals surface area (Å²) >= 11 is 0. The number of halogens is 3. The van der Waals surface area contributed by atoms with E-state index in [9.17, 15) is 18.0 Å². The van der Waals surface area contributed by atoms with Crippen molar-refractivity contribution in [1.29, 1.82) is 0 Å². The van der Waals surface area contributed by atoms with Crippen molar-refractivity contribution in [1.82, 2.24) is 5.32 Å². The Bertz CT molecular complexity index is 248. The van der Waals surface area contributed by atoms with E-state index < -0.39 is 23.0 Å². The lowest BCUT2D eigenvalue weighted by atomic mass is 9.95. The van der Waals surface area contributed by atoms with Crippen LogP contribution in [0.2, 0.25) is 0 Å². The maximum absolute atomic E-state index is 12.4. The molecule has 0 bridgehead atoms. The van der Waals surface area contributed by atoms with Crippen molar-refractivity contribution in [3.05, 3.63) is 0 Å². The van der Waals surface area contributed by atoms with Gasteiger partial charge in [0.05, 0.1) is 0 Å². The van der Waals surface area contributed by atoms with E-state index in [-0.39, 0.29) is 12.8 Å². The molecule has 14 heavy (non-hydrogen) atoms. The molecular weight excluding hydrogens is 195 g/mol. The molecule has 0 unspecified atom stereocenters. The van der Waals surface area contributed by atoms with E-state index in [1.165, 1.54) is 0 Å². The molecule has 1 saturated carbocycles. The van der Waals surface area contributed by atoms with Crippen LogP contribution in [0.4, 0.5) is 13.2 Å². The molecule has 0 aliphatic heterocycles. The fourth-order valence-corrected chi connectivity index (χ4v) is 1.01. The first-order chi connectivity index (χ1) is 6.08. The molecule has 0 atom stereocenters. The lowest BCUT2D eigenvalue weighted by molar-refractivity contribution is -0.172. The first kappa shape index (κ1) is 11.3. The molecular formula is C9H14F3NO. The number of alkyl halides is 3. The zero-order valence-corrected chi connectivity index (χ0v) is 8.46. The molecule has 1 amide bonds. The number of carbonyl (C=O) groups excluding carboxylic acids is 1. The minimum Gasteiger partial charge on any atom is -0.342 e. The number of carbonyl (C=O) groups is 1. The van der Waals surface area contributed by atoms with Gasteiger partial charge in [0.2, 0.25) is 5.91 Å². The molecule has 0 spiro atoms. The molecule has 82 valence electrons. The summed E-state index contributed by atoms with van der Waals surface area (Å²) in [5.41, 5.74) is -2.71. The highest BCUT2D eigenvalue weighted by Gasteiger charge is 2.64. The Morgan fingerprint density at radius 1 is 1.21 bits per heavy atom. The van der Waals surface area contributed by atoms with Crippen LogP contribution in [0.25, 0.3) is 0 Å². The van der Waals surface area contributed by atoms with E-state index in [1.54, 1.807) is 20.8 Å². The monoisotopic (exact) mass is 209 g/mol. The zero-order chi connectivity index (χ0) is 11.2. The van der Waals surface area contributed by atoms with Gasteiger partial charge in [-0.25, -0.2) is 0 Å². The number of hydrogen-bond acceptors (Lipinski definition) is 1. The van der Waals surface area contributed by atoms with Gasteiger partial charge in [-0.05, 0) is 12.8 Å². The Labute approximate surface area is 80.9 Å². The summed E-state index contributed by atoms with van der Waals surface area (Å²) in [5, 5.41) is 2.08. The van der Waals surface area contributed by atoms with Crippen molar-refractivity contribution in [2.24, 2.45) is 5.41 Å². The van der Waals surface area contributed by atoms with E-state index >= 15 is 0 Å². The smallest absolute Gasteiger partial charge is 0.342 e. The number of rotatable bonds is 1. The molecule has 1 fully saturated rings. The van der Waals surface area contributed by atoms with Crippen LogP contribution in [-0.2, 0) is 4.79 Å². The molecule has 0 saturated heterocycles. The highest BCUT2D eigenvalue weighted by Crippen LogP contribution is 2.49. The molecule has 1 aliphatic carbocycles. The molecule has 1 N–H and O–H groups in total. The van der Waals surface area contributed by atoms with Crippen molar-refractivity contribution in [2.45, 2.75) is 45.3 Å². The molecule has 0 radical (unpaired) electrons. The van der Waals surface area contributed by atoms with Gasteiger partial charge >= 0.3 is 6.18 Å². The number of hydrogen-bond donors (Lipinski definition) is 1. The second-order valence-corrected chi connectivity index (χ2v) is 4.78.